The third-order valence-electron chi connectivity index (χ3n) is 7.46. The minimum absolute atomic E-state index is 0.131. The van der Waals surface area contributed by atoms with E-state index in [1.54, 1.807) is 12.1 Å². The van der Waals surface area contributed by atoms with Crippen LogP contribution in [0.1, 0.15) is 124 Å². The number of unbranched alkanes of at least 4 members (excludes halogenated alkanes) is 11. The Labute approximate surface area is 232 Å². The maximum atomic E-state index is 12.8. The van der Waals surface area contributed by atoms with Gasteiger partial charge in [-0.2, -0.15) is 0 Å². The highest BCUT2D eigenvalue weighted by Crippen LogP contribution is 2.27. The quantitative estimate of drug-likeness (QED) is 0.161. The van der Waals surface area contributed by atoms with Crippen LogP contribution in [0.5, 0.6) is 0 Å². The van der Waals surface area contributed by atoms with Crippen LogP contribution in [0.15, 0.2) is 36.4 Å². The van der Waals surface area contributed by atoms with Crippen molar-refractivity contribution in [1.82, 2.24) is 15.5 Å². The lowest BCUT2D eigenvalue weighted by Crippen LogP contribution is -2.62. The second-order valence-electron chi connectivity index (χ2n) is 10.6. The molecule has 1 saturated heterocycles. The molecule has 2 aliphatic heterocycles. The molecule has 8 heteroatoms. The summed E-state index contributed by atoms with van der Waals surface area (Å²) in [4.78, 5) is 63.8. The van der Waals surface area contributed by atoms with E-state index in [1.807, 2.05) is 0 Å². The normalized spacial score (nSPS) is 19.1. The van der Waals surface area contributed by atoms with E-state index < -0.39 is 35.7 Å². The molecule has 2 unspecified atom stereocenters. The summed E-state index contributed by atoms with van der Waals surface area (Å²) in [6.45, 7) is 2.24. The van der Waals surface area contributed by atoms with Gasteiger partial charge in [-0.15, -0.1) is 0 Å². The molecule has 1 fully saturated rings. The van der Waals surface area contributed by atoms with E-state index in [2.05, 4.69) is 29.7 Å². The van der Waals surface area contributed by atoms with Gasteiger partial charge in [-0.3, -0.25) is 34.2 Å². The number of allylic oxidation sites excluding steroid dienone is 2. The molecule has 0 spiro atoms. The first-order chi connectivity index (χ1) is 18.9. The zero-order chi connectivity index (χ0) is 28.0. The zero-order valence-corrected chi connectivity index (χ0v) is 23.2. The van der Waals surface area contributed by atoms with E-state index in [0.717, 1.165) is 43.4 Å². The summed E-state index contributed by atoms with van der Waals surface area (Å²) < 4.78 is 0. The maximum Gasteiger partial charge on any atom is 0.262 e. The molecule has 0 aliphatic carbocycles. The van der Waals surface area contributed by atoms with Crippen molar-refractivity contribution >= 4 is 29.5 Å². The molecular weight excluding hydrogens is 494 g/mol. The Bertz CT molecular complexity index is 1020. The fourth-order valence-electron chi connectivity index (χ4n) is 5.19. The number of carbonyl (C=O) groups is 5. The lowest BCUT2D eigenvalue weighted by Gasteiger charge is -2.32. The third-order valence-corrected chi connectivity index (χ3v) is 7.46. The van der Waals surface area contributed by atoms with Crippen molar-refractivity contribution in [2.24, 2.45) is 0 Å². The zero-order valence-electron chi connectivity index (χ0n) is 23.2. The van der Waals surface area contributed by atoms with E-state index in [0.29, 0.717) is 0 Å². The minimum Gasteiger partial charge on any atom is -0.344 e. The Kier molecular flexibility index (Phi) is 12.4. The maximum absolute atomic E-state index is 12.8. The topological polar surface area (TPSA) is 113 Å². The number of carbonyl (C=O) groups excluding carboxylic acids is 5. The van der Waals surface area contributed by atoms with Crippen molar-refractivity contribution in [3.63, 3.8) is 0 Å². The lowest BCUT2D eigenvalue weighted by molar-refractivity contribution is -0.140. The fraction of sp³-hybridized carbons (Fsp3) is 0.581. The largest absolute Gasteiger partial charge is 0.344 e. The van der Waals surface area contributed by atoms with Gasteiger partial charge in [0.1, 0.15) is 12.1 Å². The number of fused-ring (bicyclic) bond motifs is 1. The van der Waals surface area contributed by atoms with Gasteiger partial charge in [0.15, 0.2) is 0 Å². The smallest absolute Gasteiger partial charge is 0.262 e. The average Bonchev–Trinajstić information content (AvgIpc) is 3.17. The van der Waals surface area contributed by atoms with E-state index in [9.17, 15) is 24.0 Å². The van der Waals surface area contributed by atoms with Crippen LogP contribution in [0.25, 0.3) is 0 Å². The third kappa shape index (κ3) is 8.87. The van der Waals surface area contributed by atoms with Crippen molar-refractivity contribution < 1.29 is 24.0 Å². The van der Waals surface area contributed by atoms with Gasteiger partial charge >= 0.3 is 0 Å². The van der Waals surface area contributed by atoms with Gasteiger partial charge < -0.3 is 5.32 Å². The molecule has 0 aromatic heterocycles. The molecule has 8 nitrogen and oxygen atoms in total. The van der Waals surface area contributed by atoms with E-state index >= 15 is 0 Å². The van der Waals surface area contributed by atoms with Gasteiger partial charge in [0, 0.05) is 12.8 Å². The number of imide groups is 2. The summed E-state index contributed by atoms with van der Waals surface area (Å²) in [6, 6.07) is 4.24. The van der Waals surface area contributed by atoms with Crippen molar-refractivity contribution in [3.05, 3.63) is 47.5 Å². The highest BCUT2D eigenvalue weighted by atomic mass is 16.2. The number of nitrogens with zero attached hydrogens (tertiary/aromatic N) is 1. The fourth-order valence-corrected chi connectivity index (χ4v) is 5.19. The van der Waals surface area contributed by atoms with Crippen LogP contribution in [-0.2, 0) is 14.4 Å². The van der Waals surface area contributed by atoms with Crippen LogP contribution in [0.4, 0.5) is 0 Å². The van der Waals surface area contributed by atoms with Gasteiger partial charge in [0.05, 0.1) is 11.1 Å². The molecule has 1 aromatic carbocycles. The first kappa shape index (κ1) is 30.3. The number of nitrogens with one attached hydrogen (secondary N) is 2. The van der Waals surface area contributed by atoms with Gasteiger partial charge in [-0.05, 0) is 44.2 Å². The molecule has 5 amide bonds. The first-order valence-corrected chi connectivity index (χ1v) is 14.7. The predicted octanol–water partition coefficient (Wildman–Crippen LogP) is 5.22. The highest BCUT2D eigenvalue weighted by Gasteiger charge is 2.47. The molecular formula is C31H43N3O5. The Morgan fingerprint density at radius 1 is 0.821 bits per heavy atom. The molecule has 212 valence electrons. The van der Waals surface area contributed by atoms with Gasteiger partial charge in [0.25, 0.3) is 11.8 Å². The number of benzene rings is 1. The number of hydrogen-bond acceptors (Lipinski definition) is 5. The Balaban J connectivity index is 1.29. The van der Waals surface area contributed by atoms with Gasteiger partial charge in [-0.25, -0.2) is 0 Å². The molecule has 2 aliphatic rings. The molecule has 0 radical (unpaired) electrons. The van der Waals surface area contributed by atoms with Gasteiger partial charge in [0.2, 0.25) is 17.7 Å². The standard InChI is InChI=1S/C31H43N3O5/c1-2-3-4-5-6-7-8-9-10-11-12-13-14-15-16-21-27(35)32-25-22-26(29(37)33-28(25)36)34-30(38)23-19-17-18-20-24(23)31(34)39/h9-10,17-20,25-26H,2-8,11-16,21-22H2,1H3,(H,32,35)(H,33,36,37)/b10-9-. The van der Waals surface area contributed by atoms with Crippen LogP contribution in [0.2, 0.25) is 0 Å². The van der Waals surface area contributed by atoms with Crippen molar-refractivity contribution in [3.8, 4) is 0 Å². The van der Waals surface area contributed by atoms with Gasteiger partial charge in [-0.1, -0.05) is 82.6 Å². The Morgan fingerprint density at radius 3 is 1.95 bits per heavy atom. The Hall–Kier alpha value is -3.29. The van der Waals surface area contributed by atoms with Crippen molar-refractivity contribution in [2.75, 3.05) is 0 Å². The SMILES string of the molecule is CCCCCCCC/C=C\CCCCCCCC(=O)NC1CC(N2C(=O)c3ccccc3C2=O)C(=O)NC1=O. The molecule has 0 bridgehead atoms. The van der Waals surface area contributed by atoms with Crippen LogP contribution in [-0.4, -0.2) is 46.5 Å². The molecule has 2 atom stereocenters. The predicted molar refractivity (Wildman–Crippen MR) is 150 cm³/mol. The first-order valence-electron chi connectivity index (χ1n) is 14.7. The number of rotatable bonds is 17. The molecule has 1 aromatic rings. The number of piperidine rings is 1. The lowest BCUT2D eigenvalue weighted by atomic mass is 9.99. The van der Waals surface area contributed by atoms with Crippen molar-refractivity contribution in [2.45, 2.75) is 115 Å². The molecule has 3 rings (SSSR count). The average molecular weight is 538 g/mol. The summed E-state index contributed by atoms with van der Waals surface area (Å²) in [5.74, 6) is -2.74. The number of amides is 5. The summed E-state index contributed by atoms with van der Waals surface area (Å²) in [5.41, 5.74) is 0.467. The van der Waals surface area contributed by atoms with E-state index in [4.69, 9.17) is 0 Å². The van der Waals surface area contributed by atoms with E-state index in [-0.39, 0.29) is 29.9 Å². The van der Waals surface area contributed by atoms with Crippen LogP contribution in [0, 0.1) is 0 Å². The monoisotopic (exact) mass is 537 g/mol. The summed E-state index contributed by atoms with van der Waals surface area (Å²) in [6.07, 6.45) is 20.0. The Morgan fingerprint density at radius 2 is 1.36 bits per heavy atom. The summed E-state index contributed by atoms with van der Waals surface area (Å²) >= 11 is 0. The van der Waals surface area contributed by atoms with Crippen LogP contribution >= 0.6 is 0 Å². The highest BCUT2D eigenvalue weighted by molar-refractivity contribution is 6.23. The van der Waals surface area contributed by atoms with Crippen molar-refractivity contribution in [1.29, 1.82) is 0 Å². The molecule has 2 heterocycles. The summed E-state index contributed by atoms with van der Waals surface area (Å²) in [5, 5.41) is 4.89. The summed E-state index contributed by atoms with van der Waals surface area (Å²) in [7, 11) is 0. The van der Waals surface area contributed by atoms with E-state index in [1.165, 1.54) is 57.1 Å². The second kappa shape index (κ2) is 16.0. The van der Waals surface area contributed by atoms with Crippen LogP contribution < -0.4 is 10.6 Å². The molecule has 0 saturated carbocycles. The number of hydrogen-bond donors (Lipinski definition) is 2. The molecule has 2 N–H and O–H groups in total. The molecule has 39 heavy (non-hydrogen) atoms. The van der Waals surface area contributed by atoms with Crippen LogP contribution in [0.3, 0.4) is 0 Å². The minimum atomic E-state index is -1.15. The second-order valence-corrected chi connectivity index (χ2v) is 10.6.